The number of hydrogen-bond acceptors (Lipinski definition) is 10. The van der Waals surface area contributed by atoms with Crippen molar-refractivity contribution >= 4 is 41.0 Å². The average molecular weight is 522 g/mol. The molecule has 13 nitrogen and oxygen atoms in total. The van der Waals surface area contributed by atoms with Crippen LogP contribution in [-0.4, -0.2) is 50.7 Å². The van der Waals surface area contributed by atoms with Gasteiger partial charge in [-0.3, -0.25) is 19.7 Å². The van der Waals surface area contributed by atoms with Crippen molar-refractivity contribution in [3.8, 4) is 17.2 Å². The molecular formula is C23H18N6O7S. The van der Waals surface area contributed by atoms with Gasteiger partial charge >= 0.3 is 11.7 Å². The number of rotatable bonds is 8. The topological polar surface area (TPSA) is 163 Å². The molecule has 1 aromatic heterocycles. The second kappa shape index (κ2) is 11.2. The smallest absolute Gasteiger partial charge is 0.350 e. The van der Waals surface area contributed by atoms with Gasteiger partial charge in [-0.25, -0.2) is 24.3 Å². The van der Waals surface area contributed by atoms with Gasteiger partial charge in [-0.2, -0.15) is 10.2 Å². The maximum Gasteiger partial charge on any atom is 0.350 e. The Bertz CT molecular complexity index is 1490. The van der Waals surface area contributed by atoms with Gasteiger partial charge in [0.05, 0.1) is 23.9 Å². The van der Waals surface area contributed by atoms with E-state index in [1.807, 2.05) is 11.4 Å². The Hall–Kier alpha value is -4.98. The van der Waals surface area contributed by atoms with Gasteiger partial charge in [0.2, 0.25) is 0 Å². The lowest BCUT2D eigenvalue weighted by atomic mass is 10.2. The summed E-state index contributed by atoms with van der Waals surface area (Å²) in [6.07, 6.45) is 3.56. The highest BCUT2D eigenvalue weighted by atomic mass is 32.2. The Kier molecular flexibility index (Phi) is 7.59. The molecule has 188 valence electrons. The summed E-state index contributed by atoms with van der Waals surface area (Å²) in [7, 11) is 1.36. The summed E-state index contributed by atoms with van der Waals surface area (Å²) in [5.41, 5.74) is 2.95. The quantitative estimate of drug-likeness (QED) is 0.144. The molecule has 4 rings (SSSR count). The molecule has 2 heterocycles. The van der Waals surface area contributed by atoms with Crippen LogP contribution < -0.4 is 25.9 Å². The van der Waals surface area contributed by atoms with E-state index in [-0.39, 0.29) is 22.9 Å². The van der Waals surface area contributed by atoms with Crippen LogP contribution in [0.4, 0.5) is 4.79 Å². The molecule has 0 bridgehead atoms. The first-order chi connectivity index (χ1) is 17.8. The second-order valence-electron chi connectivity index (χ2n) is 7.25. The molecule has 37 heavy (non-hydrogen) atoms. The van der Waals surface area contributed by atoms with E-state index in [0.717, 1.165) is 10.8 Å². The number of nitrogens with one attached hydrogen (secondary N) is 2. The Morgan fingerprint density at radius 2 is 1.92 bits per heavy atom. The number of benzene rings is 2. The third-order valence-electron chi connectivity index (χ3n) is 4.75. The zero-order valence-corrected chi connectivity index (χ0v) is 19.9. The number of methoxy groups -OCH3 is 1. The highest BCUT2D eigenvalue weighted by Gasteiger charge is 2.26. The normalized spacial score (nSPS) is 14.1. The molecule has 0 spiro atoms. The third-order valence-corrected chi connectivity index (χ3v) is 5.56. The van der Waals surface area contributed by atoms with Crippen LogP contribution in [0, 0.1) is 0 Å². The van der Waals surface area contributed by atoms with Gasteiger partial charge in [-0.05, 0) is 47.7 Å². The number of amides is 3. The maximum absolute atomic E-state index is 12.5. The van der Waals surface area contributed by atoms with Crippen LogP contribution in [0.1, 0.15) is 5.56 Å². The summed E-state index contributed by atoms with van der Waals surface area (Å²) in [4.78, 5) is 59.4. The Morgan fingerprint density at radius 3 is 2.62 bits per heavy atom. The van der Waals surface area contributed by atoms with Gasteiger partial charge < -0.3 is 9.47 Å². The highest BCUT2D eigenvalue weighted by molar-refractivity contribution is 8.18. The van der Waals surface area contributed by atoms with Crippen molar-refractivity contribution in [2.45, 2.75) is 6.54 Å². The Morgan fingerprint density at radius 1 is 1.14 bits per heavy atom. The van der Waals surface area contributed by atoms with E-state index >= 15 is 0 Å². The molecule has 2 aromatic carbocycles. The van der Waals surface area contributed by atoms with Crippen LogP contribution in [0.2, 0.25) is 0 Å². The van der Waals surface area contributed by atoms with Crippen LogP contribution in [0.15, 0.2) is 75.7 Å². The van der Waals surface area contributed by atoms with Gasteiger partial charge in [0.25, 0.3) is 17.1 Å². The molecule has 1 aliphatic rings. The molecule has 0 atom stereocenters. The van der Waals surface area contributed by atoms with Crippen LogP contribution in [0.5, 0.6) is 11.5 Å². The number of ether oxygens (including phenoxy) is 2. The lowest BCUT2D eigenvalue weighted by Crippen LogP contribution is -2.31. The minimum atomic E-state index is -0.871. The molecule has 0 unspecified atom stereocenters. The molecule has 14 heteroatoms. The Labute approximate surface area is 212 Å². The third kappa shape index (κ3) is 6.18. The van der Waals surface area contributed by atoms with Crippen molar-refractivity contribution in [3.05, 3.63) is 81.9 Å². The van der Waals surface area contributed by atoms with Gasteiger partial charge in [-0.1, -0.05) is 18.2 Å². The van der Waals surface area contributed by atoms with Crippen LogP contribution in [-0.2, 0) is 20.9 Å². The SMILES string of the molecule is COc1cc(C=NNC(=O)Cn2ncn(-c3ccccc3)c2=O)ccc1OC(=O)C=C1SC(=O)NC1=O. The zero-order valence-electron chi connectivity index (χ0n) is 19.1. The van der Waals surface area contributed by atoms with E-state index in [9.17, 15) is 24.0 Å². The number of thioether (sulfide) groups is 1. The molecular weight excluding hydrogens is 504 g/mol. The summed E-state index contributed by atoms with van der Waals surface area (Å²) >= 11 is 0.591. The van der Waals surface area contributed by atoms with Gasteiger partial charge in [0.1, 0.15) is 12.9 Å². The molecule has 0 radical (unpaired) electrons. The van der Waals surface area contributed by atoms with E-state index in [1.54, 1.807) is 30.3 Å². The van der Waals surface area contributed by atoms with E-state index in [0.29, 0.717) is 23.0 Å². The number of aromatic nitrogens is 3. The minimum Gasteiger partial charge on any atom is -0.493 e. The van der Waals surface area contributed by atoms with E-state index in [2.05, 4.69) is 15.6 Å². The monoisotopic (exact) mass is 522 g/mol. The highest BCUT2D eigenvalue weighted by Crippen LogP contribution is 2.29. The Balaban J connectivity index is 1.35. The first-order valence-electron chi connectivity index (χ1n) is 10.5. The standard InChI is InChI=1S/C23H18N6O7S/c1-35-17-9-14(7-8-16(17)36-20(31)10-18-21(32)26-22(33)37-18)11-24-27-19(30)12-29-23(34)28(13-25-29)15-5-3-2-4-6-15/h2-11,13H,12H2,1H3,(H,27,30)(H,26,32,33). The molecule has 2 N–H and O–H groups in total. The second-order valence-corrected chi connectivity index (χ2v) is 8.27. The summed E-state index contributed by atoms with van der Waals surface area (Å²) < 4.78 is 12.7. The van der Waals surface area contributed by atoms with E-state index in [4.69, 9.17) is 9.47 Å². The van der Waals surface area contributed by atoms with Gasteiger partial charge in [0, 0.05) is 6.08 Å². The number of para-hydroxylation sites is 1. The lowest BCUT2D eigenvalue weighted by Gasteiger charge is -2.08. The van der Waals surface area contributed by atoms with Crippen LogP contribution in [0.25, 0.3) is 5.69 Å². The maximum atomic E-state index is 12.5. The number of carbonyl (C=O) groups is 4. The number of carbonyl (C=O) groups excluding carboxylic acids is 4. The first kappa shape index (κ1) is 25.1. The fourth-order valence-corrected chi connectivity index (χ4v) is 3.72. The summed E-state index contributed by atoms with van der Waals surface area (Å²) in [5, 5.41) is 9.26. The fourth-order valence-electron chi connectivity index (χ4n) is 3.08. The van der Waals surface area contributed by atoms with Crippen molar-refractivity contribution < 1.29 is 28.7 Å². The van der Waals surface area contributed by atoms with E-state index in [1.165, 1.54) is 36.4 Å². The summed E-state index contributed by atoms with van der Waals surface area (Å²) in [6, 6.07) is 13.3. The van der Waals surface area contributed by atoms with Crippen LogP contribution >= 0.6 is 11.8 Å². The van der Waals surface area contributed by atoms with Gasteiger partial charge in [-0.15, -0.1) is 0 Å². The molecule has 0 saturated carbocycles. The van der Waals surface area contributed by atoms with Crippen molar-refractivity contribution in [2.75, 3.05) is 7.11 Å². The first-order valence-corrected chi connectivity index (χ1v) is 11.3. The molecule has 3 amide bonds. The van der Waals surface area contributed by atoms with Crippen molar-refractivity contribution in [1.29, 1.82) is 0 Å². The molecule has 0 aliphatic carbocycles. The summed E-state index contributed by atoms with van der Waals surface area (Å²) in [5.74, 6) is -1.88. The average Bonchev–Trinajstić information content (AvgIpc) is 3.40. The van der Waals surface area contributed by atoms with Crippen molar-refractivity contribution in [3.63, 3.8) is 0 Å². The largest absolute Gasteiger partial charge is 0.493 e. The molecule has 1 fully saturated rings. The number of hydrazone groups is 1. The number of esters is 1. The van der Waals surface area contributed by atoms with Crippen molar-refractivity contribution in [2.24, 2.45) is 5.10 Å². The minimum absolute atomic E-state index is 0.0636. The fraction of sp³-hybridized carbons (Fsp3) is 0.0870. The number of imide groups is 1. The molecule has 3 aromatic rings. The van der Waals surface area contributed by atoms with Crippen molar-refractivity contribution in [1.82, 2.24) is 25.1 Å². The number of nitrogens with zero attached hydrogens (tertiary/aromatic N) is 4. The number of hydrogen-bond donors (Lipinski definition) is 2. The molecule has 1 saturated heterocycles. The predicted molar refractivity (Wildman–Crippen MR) is 131 cm³/mol. The van der Waals surface area contributed by atoms with Crippen LogP contribution in [0.3, 0.4) is 0 Å². The lowest BCUT2D eigenvalue weighted by molar-refractivity contribution is -0.129. The van der Waals surface area contributed by atoms with E-state index < -0.39 is 28.7 Å². The predicted octanol–water partition coefficient (Wildman–Crippen LogP) is 0.965. The van der Waals surface area contributed by atoms with Gasteiger partial charge in [0.15, 0.2) is 11.5 Å². The molecule has 1 aliphatic heterocycles. The zero-order chi connectivity index (χ0) is 26.4. The summed E-state index contributed by atoms with van der Waals surface area (Å²) in [6.45, 7) is -0.342.